The first kappa shape index (κ1) is 16.7. The van der Waals surface area contributed by atoms with Crippen molar-refractivity contribution in [1.82, 2.24) is 9.80 Å². The molecule has 134 valence electrons. The van der Waals surface area contributed by atoms with Crippen molar-refractivity contribution in [3.63, 3.8) is 0 Å². The first-order valence-electron chi connectivity index (χ1n) is 8.40. The summed E-state index contributed by atoms with van der Waals surface area (Å²) in [6.07, 6.45) is 3.43. The lowest BCUT2D eigenvalue weighted by atomic mass is 10.1. The zero-order valence-electron chi connectivity index (χ0n) is 14.1. The van der Waals surface area contributed by atoms with Crippen LogP contribution in [0.3, 0.4) is 0 Å². The molecule has 2 amide bonds. The number of nitrogens with zero attached hydrogens (tertiary/aromatic N) is 2. The maximum absolute atomic E-state index is 12.7. The quantitative estimate of drug-likeness (QED) is 0.779. The number of carbonyl (C=O) groups is 2. The summed E-state index contributed by atoms with van der Waals surface area (Å²) in [6, 6.07) is 9.14. The van der Waals surface area contributed by atoms with Crippen LogP contribution in [0.15, 0.2) is 41.8 Å². The van der Waals surface area contributed by atoms with Crippen LogP contribution in [0.5, 0.6) is 11.5 Å². The number of ether oxygens (including phenoxy) is 2. The van der Waals surface area contributed by atoms with Gasteiger partial charge in [-0.1, -0.05) is 6.07 Å². The lowest BCUT2D eigenvalue weighted by Gasteiger charge is -2.34. The summed E-state index contributed by atoms with van der Waals surface area (Å²) in [5.74, 6) is 1.19. The van der Waals surface area contributed by atoms with Gasteiger partial charge in [0.2, 0.25) is 12.7 Å². The Hall–Kier alpha value is -2.80. The van der Waals surface area contributed by atoms with Crippen LogP contribution in [0.4, 0.5) is 0 Å². The monoisotopic (exact) mass is 370 g/mol. The van der Waals surface area contributed by atoms with Gasteiger partial charge in [-0.05, 0) is 35.7 Å². The molecule has 2 aromatic rings. The lowest BCUT2D eigenvalue weighted by molar-refractivity contribution is -0.127. The molecule has 26 heavy (non-hydrogen) atoms. The third-order valence-electron chi connectivity index (χ3n) is 4.43. The van der Waals surface area contributed by atoms with E-state index < -0.39 is 0 Å². The van der Waals surface area contributed by atoms with E-state index in [0.29, 0.717) is 43.2 Å². The van der Waals surface area contributed by atoms with Gasteiger partial charge in [-0.2, -0.15) is 0 Å². The second-order valence-electron chi connectivity index (χ2n) is 6.03. The Morgan fingerprint density at radius 2 is 1.77 bits per heavy atom. The van der Waals surface area contributed by atoms with Gasteiger partial charge < -0.3 is 19.3 Å². The number of hydrogen-bond donors (Lipinski definition) is 0. The zero-order chi connectivity index (χ0) is 17.9. The molecule has 1 fully saturated rings. The van der Waals surface area contributed by atoms with Gasteiger partial charge in [-0.15, -0.1) is 11.3 Å². The van der Waals surface area contributed by atoms with Gasteiger partial charge >= 0.3 is 0 Å². The maximum Gasteiger partial charge on any atom is 0.254 e. The minimum Gasteiger partial charge on any atom is -0.454 e. The molecule has 1 saturated heterocycles. The molecule has 3 heterocycles. The molecule has 0 saturated carbocycles. The predicted molar refractivity (Wildman–Crippen MR) is 98.4 cm³/mol. The smallest absolute Gasteiger partial charge is 0.254 e. The predicted octanol–water partition coefficient (Wildman–Crippen LogP) is 2.47. The largest absolute Gasteiger partial charge is 0.454 e. The Bertz CT molecular complexity index is 839. The van der Waals surface area contributed by atoms with Crippen LogP contribution >= 0.6 is 11.3 Å². The number of piperazine rings is 1. The minimum absolute atomic E-state index is 0.0198. The minimum atomic E-state index is -0.0514. The fourth-order valence-corrected chi connectivity index (χ4v) is 3.61. The number of benzene rings is 1. The molecule has 0 bridgehead atoms. The number of fused-ring (bicyclic) bond motifs is 1. The molecule has 2 aliphatic heterocycles. The highest BCUT2D eigenvalue weighted by atomic mass is 32.1. The third kappa shape index (κ3) is 3.43. The van der Waals surface area contributed by atoms with E-state index in [9.17, 15) is 9.59 Å². The normalized spacial score (nSPS) is 16.3. The zero-order valence-corrected chi connectivity index (χ0v) is 14.9. The molecule has 7 heteroatoms. The standard InChI is InChI=1S/C19H18N2O4S/c22-18(6-4-15-2-1-11-26-15)20-7-9-21(10-8-20)19(23)14-3-5-16-17(12-14)25-13-24-16/h1-6,11-12H,7-10,13H2/b6-4+. The molecule has 2 aliphatic rings. The summed E-state index contributed by atoms with van der Waals surface area (Å²) in [6.45, 7) is 2.29. The summed E-state index contributed by atoms with van der Waals surface area (Å²) < 4.78 is 10.6. The van der Waals surface area contributed by atoms with Crippen LogP contribution < -0.4 is 9.47 Å². The Balaban J connectivity index is 1.34. The fraction of sp³-hybridized carbons (Fsp3) is 0.263. The topological polar surface area (TPSA) is 59.1 Å². The highest BCUT2D eigenvalue weighted by molar-refractivity contribution is 7.10. The first-order chi connectivity index (χ1) is 12.7. The van der Waals surface area contributed by atoms with Crippen LogP contribution in [0.25, 0.3) is 6.08 Å². The molecule has 1 aromatic carbocycles. The van der Waals surface area contributed by atoms with E-state index in [-0.39, 0.29) is 18.6 Å². The van der Waals surface area contributed by atoms with Crippen molar-refractivity contribution < 1.29 is 19.1 Å². The van der Waals surface area contributed by atoms with Crippen molar-refractivity contribution in [3.8, 4) is 11.5 Å². The Labute approximate surface area is 155 Å². The highest BCUT2D eigenvalue weighted by Gasteiger charge is 2.25. The molecular weight excluding hydrogens is 352 g/mol. The summed E-state index contributed by atoms with van der Waals surface area (Å²) in [4.78, 5) is 29.5. The molecule has 0 radical (unpaired) electrons. The second kappa shape index (κ2) is 7.21. The van der Waals surface area contributed by atoms with Crippen LogP contribution in [0.2, 0.25) is 0 Å². The van der Waals surface area contributed by atoms with Gasteiger partial charge in [0.05, 0.1) is 0 Å². The van der Waals surface area contributed by atoms with Gasteiger partial charge in [0.25, 0.3) is 5.91 Å². The Kier molecular flexibility index (Phi) is 4.62. The van der Waals surface area contributed by atoms with Crippen molar-refractivity contribution in [2.24, 2.45) is 0 Å². The third-order valence-corrected chi connectivity index (χ3v) is 5.27. The fourth-order valence-electron chi connectivity index (χ4n) is 2.99. The van der Waals surface area contributed by atoms with Crippen molar-refractivity contribution in [2.75, 3.05) is 33.0 Å². The number of amides is 2. The van der Waals surface area contributed by atoms with Crippen LogP contribution in [0.1, 0.15) is 15.2 Å². The van der Waals surface area contributed by atoms with E-state index in [0.717, 1.165) is 4.88 Å². The molecule has 0 atom stereocenters. The number of rotatable bonds is 3. The molecule has 6 nitrogen and oxygen atoms in total. The highest BCUT2D eigenvalue weighted by Crippen LogP contribution is 2.32. The summed E-state index contributed by atoms with van der Waals surface area (Å²) in [5.41, 5.74) is 0.576. The van der Waals surface area contributed by atoms with Crippen molar-refractivity contribution >= 4 is 29.2 Å². The van der Waals surface area contributed by atoms with Crippen molar-refractivity contribution in [2.45, 2.75) is 0 Å². The average Bonchev–Trinajstić information content (AvgIpc) is 3.36. The Morgan fingerprint density at radius 1 is 1.00 bits per heavy atom. The van der Waals surface area contributed by atoms with Gasteiger partial charge in [-0.3, -0.25) is 9.59 Å². The Morgan fingerprint density at radius 3 is 2.54 bits per heavy atom. The van der Waals surface area contributed by atoms with Gasteiger partial charge in [0, 0.05) is 42.7 Å². The SMILES string of the molecule is O=C(/C=C/c1cccs1)N1CCN(C(=O)c2ccc3c(c2)OCO3)CC1. The van der Waals surface area contributed by atoms with Gasteiger partial charge in [-0.25, -0.2) is 0 Å². The van der Waals surface area contributed by atoms with Gasteiger partial charge in [0.1, 0.15) is 0 Å². The molecule has 1 aromatic heterocycles. The van der Waals surface area contributed by atoms with Crippen molar-refractivity contribution in [3.05, 3.63) is 52.2 Å². The molecule has 0 unspecified atom stereocenters. The second-order valence-corrected chi connectivity index (χ2v) is 7.01. The molecule has 4 rings (SSSR count). The van der Waals surface area contributed by atoms with E-state index in [1.54, 1.807) is 45.4 Å². The number of hydrogen-bond acceptors (Lipinski definition) is 5. The summed E-state index contributed by atoms with van der Waals surface area (Å²) in [7, 11) is 0. The van der Waals surface area contributed by atoms with Crippen molar-refractivity contribution in [1.29, 1.82) is 0 Å². The van der Waals surface area contributed by atoms with Crippen LogP contribution in [-0.4, -0.2) is 54.6 Å². The average molecular weight is 370 g/mol. The van der Waals surface area contributed by atoms with E-state index in [2.05, 4.69) is 0 Å². The number of carbonyl (C=O) groups excluding carboxylic acids is 2. The summed E-state index contributed by atoms with van der Waals surface area (Å²) in [5, 5.41) is 1.98. The first-order valence-corrected chi connectivity index (χ1v) is 9.28. The molecular formula is C19H18N2O4S. The van der Waals surface area contributed by atoms with E-state index in [1.165, 1.54) is 0 Å². The van der Waals surface area contributed by atoms with Crippen LogP contribution in [0, 0.1) is 0 Å². The summed E-state index contributed by atoms with van der Waals surface area (Å²) >= 11 is 1.59. The molecule has 0 aliphatic carbocycles. The molecule has 0 N–H and O–H groups in total. The lowest BCUT2D eigenvalue weighted by Crippen LogP contribution is -2.50. The molecule has 0 spiro atoms. The van der Waals surface area contributed by atoms with E-state index in [4.69, 9.17) is 9.47 Å². The van der Waals surface area contributed by atoms with E-state index in [1.807, 2.05) is 23.6 Å². The van der Waals surface area contributed by atoms with Gasteiger partial charge in [0.15, 0.2) is 11.5 Å². The number of thiophene rings is 1. The van der Waals surface area contributed by atoms with Crippen LogP contribution in [-0.2, 0) is 4.79 Å². The maximum atomic E-state index is 12.7. The van der Waals surface area contributed by atoms with E-state index >= 15 is 0 Å².